The van der Waals surface area contributed by atoms with Crippen LogP contribution in [0.5, 0.6) is 11.5 Å². The fourth-order valence-corrected chi connectivity index (χ4v) is 7.19. The predicted molar refractivity (Wildman–Crippen MR) is 187 cm³/mol. The molecule has 49 heavy (non-hydrogen) atoms. The molecular formula is C36H36FN7O4S. The number of piperazine rings is 1. The van der Waals surface area contributed by atoms with Crippen molar-refractivity contribution in [2.24, 2.45) is 0 Å². The quantitative estimate of drug-likeness (QED) is 0.219. The van der Waals surface area contributed by atoms with E-state index < -0.39 is 5.82 Å². The molecule has 13 heteroatoms. The van der Waals surface area contributed by atoms with E-state index in [9.17, 15) is 9.59 Å². The molecule has 1 saturated heterocycles. The third-order valence-corrected chi connectivity index (χ3v) is 9.94. The summed E-state index contributed by atoms with van der Waals surface area (Å²) in [5, 5.41) is 3.36. The molecule has 0 spiro atoms. The highest BCUT2D eigenvalue weighted by atomic mass is 32.1. The lowest BCUT2D eigenvalue weighted by Crippen LogP contribution is -2.49. The zero-order valence-electron chi connectivity index (χ0n) is 27.3. The highest BCUT2D eigenvalue weighted by Gasteiger charge is 2.29. The number of nitrogens with zero attached hydrogens (tertiary/aromatic N) is 6. The number of hydrogen-bond acceptors (Lipinski definition) is 9. The van der Waals surface area contributed by atoms with Gasteiger partial charge in [-0.05, 0) is 47.9 Å². The van der Waals surface area contributed by atoms with Gasteiger partial charge in [0.15, 0.2) is 17.4 Å². The van der Waals surface area contributed by atoms with Crippen LogP contribution in [0.4, 0.5) is 10.2 Å². The lowest BCUT2D eigenvalue weighted by atomic mass is 9.93. The van der Waals surface area contributed by atoms with Crippen LogP contribution in [0.2, 0.25) is 0 Å². The highest BCUT2D eigenvalue weighted by Crippen LogP contribution is 2.40. The standard InChI is InChI=1S/C36H36FN7O4S/c1-47-29-9-11-38-21-27(29)25-19-24(23-5-4-13-44(22-23)32(45)8-7-31-39-12-18-49-31)33(37)34-26(25)20-28(41-34)36(46)43-16-14-42(15-17-43)35-30(48-2)6-3-10-40-35/h3,5-6,9-12,18-21,41H,4,7-8,13-17,22H2,1-2H3. The van der Waals surface area contributed by atoms with E-state index in [0.717, 1.165) is 10.8 Å². The van der Waals surface area contributed by atoms with Crippen molar-refractivity contribution in [3.8, 4) is 22.6 Å². The first-order chi connectivity index (χ1) is 23.9. The van der Waals surface area contributed by atoms with Crippen LogP contribution in [-0.4, -0.2) is 95.0 Å². The van der Waals surface area contributed by atoms with Gasteiger partial charge in [0.05, 0.1) is 24.7 Å². The Hall–Kier alpha value is -5.30. The average molecular weight is 682 g/mol. The Morgan fingerprint density at radius 2 is 1.78 bits per heavy atom. The molecule has 0 atom stereocenters. The molecule has 0 radical (unpaired) electrons. The van der Waals surface area contributed by atoms with E-state index in [4.69, 9.17) is 9.47 Å². The second-order valence-electron chi connectivity index (χ2n) is 11.9. The fourth-order valence-electron chi connectivity index (χ4n) is 6.56. The van der Waals surface area contributed by atoms with E-state index in [1.807, 2.05) is 23.6 Å². The molecule has 252 valence electrons. The number of carbonyl (C=O) groups excluding carboxylic acids is 2. The second-order valence-corrected chi connectivity index (χ2v) is 12.9. The summed E-state index contributed by atoms with van der Waals surface area (Å²) in [6.45, 7) is 2.91. The molecule has 0 saturated carbocycles. The van der Waals surface area contributed by atoms with Crippen molar-refractivity contribution in [2.45, 2.75) is 19.3 Å². The molecule has 1 aromatic carbocycles. The van der Waals surface area contributed by atoms with Gasteiger partial charge in [-0.25, -0.2) is 14.4 Å². The number of anilines is 1. The van der Waals surface area contributed by atoms with Crippen molar-refractivity contribution in [1.82, 2.24) is 29.7 Å². The zero-order valence-corrected chi connectivity index (χ0v) is 28.1. The number of rotatable bonds is 9. The van der Waals surface area contributed by atoms with Gasteiger partial charge in [-0.3, -0.25) is 14.6 Å². The number of H-pyrrole nitrogens is 1. The number of thiazole rings is 1. The lowest BCUT2D eigenvalue weighted by Gasteiger charge is -2.35. The van der Waals surface area contributed by atoms with E-state index in [-0.39, 0.29) is 29.6 Å². The van der Waals surface area contributed by atoms with Gasteiger partial charge >= 0.3 is 0 Å². The molecule has 2 aliphatic rings. The minimum atomic E-state index is -0.476. The molecule has 4 aromatic heterocycles. The maximum Gasteiger partial charge on any atom is 0.270 e. The fraction of sp³-hybridized carbons (Fsp3) is 0.306. The van der Waals surface area contributed by atoms with Gasteiger partial charge in [0, 0.05) is 98.8 Å². The smallest absolute Gasteiger partial charge is 0.270 e. The largest absolute Gasteiger partial charge is 0.496 e. The number of nitrogens with one attached hydrogen (secondary N) is 1. The first-order valence-electron chi connectivity index (χ1n) is 16.2. The molecule has 11 nitrogen and oxygen atoms in total. The third kappa shape index (κ3) is 6.45. The van der Waals surface area contributed by atoms with E-state index in [1.165, 1.54) is 11.3 Å². The van der Waals surface area contributed by atoms with Crippen molar-refractivity contribution in [1.29, 1.82) is 0 Å². The molecule has 0 aliphatic carbocycles. The first-order valence-corrected chi connectivity index (χ1v) is 17.1. The van der Waals surface area contributed by atoms with Gasteiger partial charge in [-0.2, -0.15) is 0 Å². The topological polar surface area (TPSA) is 117 Å². The van der Waals surface area contributed by atoms with Crippen molar-refractivity contribution in [3.63, 3.8) is 0 Å². The number of amides is 2. The van der Waals surface area contributed by atoms with Gasteiger partial charge in [0.2, 0.25) is 5.91 Å². The van der Waals surface area contributed by atoms with Crippen LogP contribution in [-0.2, 0) is 11.2 Å². The number of aromatic amines is 1. The minimum Gasteiger partial charge on any atom is -0.496 e. The number of fused-ring (bicyclic) bond motifs is 1. The van der Waals surface area contributed by atoms with E-state index in [1.54, 1.807) is 67.0 Å². The summed E-state index contributed by atoms with van der Waals surface area (Å²) in [7, 11) is 3.19. The summed E-state index contributed by atoms with van der Waals surface area (Å²) in [5.74, 6) is 1.30. The Labute approximate surface area is 287 Å². The number of benzene rings is 1. The molecule has 2 amide bonds. The van der Waals surface area contributed by atoms with Gasteiger partial charge in [0.25, 0.3) is 5.91 Å². The van der Waals surface area contributed by atoms with Gasteiger partial charge in [-0.15, -0.1) is 11.3 Å². The molecule has 0 unspecified atom stereocenters. The van der Waals surface area contributed by atoms with E-state index >= 15 is 4.39 Å². The summed E-state index contributed by atoms with van der Waals surface area (Å²) in [4.78, 5) is 48.9. The molecule has 1 N–H and O–H groups in total. The number of hydrogen-bond donors (Lipinski definition) is 1. The van der Waals surface area contributed by atoms with Crippen LogP contribution in [0.15, 0.2) is 66.6 Å². The van der Waals surface area contributed by atoms with Gasteiger partial charge in [-0.1, -0.05) is 6.08 Å². The normalized spacial score (nSPS) is 15.0. The summed E-state index contributed by atoms with van der Waals surface area (Å²) in [6, 6.07) is 8.94. The van der Waals surface area contributed by atoms with Crippen molar-refractivity contribution in [3.05, 3.63) is 88.7 Å². The Morgan fingerprint density at radius 3 is 2.55 bits per heavy atom. The summed E-state index contributed by atoms with van der Waals surface area (Å²) in [5.41, 5.74) is 2.92. The second kappa shape index (κ2) is 14.0. The van der Waals surface area contributed by atoms with Crippen molar-refractivity contribution < 1.29 is 23.5 Å². The molecular weight excluding hydrogens is 646 g/mol. The van der Waals surface area contributed by atoms with Crippen LogP contribution in [0.25, 0.3) is 27.6 Å². The van der Waals surface area contributed by atoms with Crippen molar-refractivity contribution in [2.75, 3.05) is 58.4 Å². The number of methoxy groups -OCH3 is 2. The zero-order chi connectivity index (χ0) is 33.9. The third-order valence-electron chi connectivity index (χ3n) is 9.10. The highest BCUT2D eigenvalue weighted by molar-refractivity contribution is 7.09. The number of carbonyl (C=O) groups is 2. The molecule has 7 rings (SSSR count). The average Bonchev–Trinajstić information content (AvgIpc) is 3.85. The summed E-state index contributed by atoms with van der Waals surface area (Å²) < 4.78 is 27.8. The van der Waals surface area contributed by atoms with Crippen LogP contribution < -0.4 is 14.4 Å². The molecule has 2 aliphatic heterocycles. The molecule has 0 bridgehead atoms. The number of pyridine rings is 2. The Morgan fingerprint density at radius 1 is 0.939 bits per heavy atom. The first kappa shape index (κ1) is 32.3. The number of aromatic nitrogens is 4. The molecule has 5 aromatic rings. The SMILES string of the molecule is COc1ccncc1-c1cc(C2=CCCN(C(=O)CCc3nccs3)C2)c(F)c2[nH]c(C(=O)N3CCN(c4ncccc4OC)CC3)cc12. The van der Waals surface area contributed by atoms with Crippen LogP contribution in [0.1, 0.15) is 33.9 Å². The van der Waals surface area contributed by atoms with Gasteiger partial charge in [0.1, 0.15) is 11.4 Å². The number of aryl methyl sites for hydroxylation is 1. The Bertz CT molecular complexity index is 2020. The van der Waals surface area contributed by atoms with Crippen LogP contribution in [0.3, 0.4) is 0 Å². The van der Waals surface area contributed by atoms with Crippen LogP contribution >= 0.6 is 11.3 Å². The van der Waals surface area contributed by atoms with Gasteiger partial charge < -0.3 is 29.2 Å². The monoisotopic (exact) mass is 681 g/mol. The van der Waals surface area contributed by atoms with Crippen LogP contribution in [0, 0.1) is 5.82 Å². The maximum atomic E-state index is 16.6. The lowest BCUT2D eigenvalue weighted by molar-refractivity contribution is -0.130. The Kier molecular flexibility index (Phi) is 9.25. The number of halogens is 1. The maximum absolute atomic E-state index is 16.6. The van der Waals surface area contributed by atoms with E-state index in [0.29, 0.717) is 91.1 Å². The Balaban J connectivity index is 1.19. The van der Waals surface area contributed by atoms with E-state index in [2.05, 4.69) is 24.8 Å². The molecule has 1 fully saturated rings. The number of ether oxygens (including phenoxy) is 2. The summed E-state index contributed by atoms with van der Waals surface area (Å²) >= 11 is 1.53. The van der Waals surface area contributed by atoms with Crippen molar-refractivity contribution >= 4 is 45.4 Å². The minimum absolute atomic E-state index is 0.00535. The summed E-state index contributed by atoms with van der Waals surface area (Å²) in [6.07, 6.45) is 10.3. The predicted octanol–water partition coefficient (Wildman–Crippen LogP) is 5.45. The molecule has 6 heterocycles.